The van der Waals surface area contributed by atoms with E-state index in [9.17, 15) is 26.4 Å². The molecule has 0 bridgehead atoms. The van der Waals surface area contributed by atoms with Gasteiger partial charge in [-0.1, -0.05) is 42.5 Å². The Balaban J connectivity index is 1.91. The number of benzene rings is 3. The number of carbonyl (C=O) groups is 1. The quantitative estimate of drug-likeness (QED) is 0.523. The minimum atomic E-state index is -4.89. The molecule has 0 radical (unpaired) electrons. The SMILES string of the molecule is O=C(O)c1ccc(CN(Cc2ccccc2)S(=O)(=O)c2ccc(OC(F)(F)F)cc2)cc1. The lowest BCUT2D eigenvalue weighted by molar-refractivity contribution is -0.274. The van der Waals surface area contributed by atoms with Gasteiger partial charge < -0.3 is 9.84 Å². The Bertz CT molecular complexity index is 1160. The number of sulfonamides is 1. The Labute approximate surface area is 182 Å². The highest BCUT2D eigenvalue weighted by Crippen LogP contribution is 2.26. The van der Waals surface area contributed by atoms with Crippen molar-refractivity contribution in [3.63, 3.8) is 0 Å². The first-order valence-electron chi connectivity index (χ1n) is 9.27. The summed E-state index contributed by atoms with van der Waals surface area (Å²) >= 11 is 0. The summed E-state index contributed by atoms with van der Waals surface area (Å²) in [4.78, 5) is 10.8. The minimum absolute atomic E-state index is 0.00462. The Morgan fingerprint density at radius 3 is 1.88 bits per heavy atom. The third-order valence-electron chi connectivity index (χ3n) is 4.46. The molecule has 0 aliphatic rings. The molecule has 0 atom stereocenters. The van der Waals surface area contributed by atoms with E-state index in [0.717, 1.165) is 28.6 Å². The molecular formula is C22H18F3NO5S. The average Bonchev–Trinajstić information content (AvgIpc) is 2.73. The Hall–Kier alpha value is -3.37. The zero-order valence-electron chi connectivity index (χ0n) is 16.5. The molecule has 6 nitrogen and oxygen atoms in total. The van der Waals surface area contributed by atoms with Crippen molar-refractivity contribution in [1.29, 1.82) is 0 Å². The summed E-state index contributed by atoms with van der Waals surface area (Å²) in [6, 6.07) is 18.5. The molecule has 3 rings (SSSR count). The number of aromatic carboxylic acids is 1. The third kappa shape index (κ3) is 6.08. The largest absolute Gasteiger partial charge is 0.573 e. The number of carboxylic acid groups (broad SMARTS) is 1. The van der Waals surface area contributed by atoms with E-state index < -0.39 is 28.1 Å². The molecule has 0 saturated heterocycles. The molecule has 3 aromatic rings. The van der Waals surface area contributed by atoms with Gasteiger partial charge in [-0.05, 0) is 47.5 Å². The number of carboxylic acids is 1. The van der Waals surface area contributed by atoms with Gasteiger partial charge in [0.25, 0.3) is 0 Å². The third-order valence-corrected chi connectivity index (χ3v) is 6.26. The first-order valence-corrected chi connectivity index (χ1v) is 10.7. The minimum Gasteiger partial charge on any atom is -0.478 e. The summed E-state index contributed by atoms with van der Waals surface area (Å²) in [7, 11) is -4.10. The smallest absolute Gasteiger partial charge is 0.478 e. The topological polar surface area (TPSA) is 83.9 Å². The Morgan fingerprint density at radius 2 is 1.38 bits per heavy atom. The lowest BCUT2D eigenvalue weighted by Crippen LogP contribution is -2.30. The van der Waals surface area contributed by atoms with Gasteiger partial charge >= 0.3 is 12.3 Å². The molecular weight excluding hydrogens is 447 g/mol. The first-order chi connectivity index (χ1) is 15.0. The predicted octanol–water partition coefficient (Wildman–Crippen LogP) is 4.67. The van der Waals surface area contributed by atoms with E-state index >= 15 is 0 Å². The molecule has 0 aliphatic carbocycles. The number of hydrogen-bond donors (Lipinski definition) is 1. The van der Waals surface area contributed by atoms with Crippen molar-refractivity contribution < 1.29 is 36.2 Å². The van der Waals surface area contributed by atoms with Gasteiger partial charge in [-0.15, -0.1) is 13.2 Å². The van der Waals surface area contributed by atoms with Gasteiger partial charge in [0.2, 0.25) is 10.0 Å². The van der Waals surface area contributed by atoms with Crippen molar-refractivity contribution in [2.24, 2.45) is 0 Å². The number of alkyl halides is 3. The molecule has 168 valence electrons. The summed E-state index contributed by atoms with van der Waals surface area (Å²) in [5.41, 5.74) is 1.31. The fourth-order valence-electron chi connectivity index (χ4n) is 2.93. The summed E-state index contributed by atoms with van der Waals surface area (Å²) in [5, 5.41) is 9.04. The maximum Gasteiger partial charge on any atom is 0.573 e. The van der Waals surface area contributed by atoms with Crippen molar-refractivity contribution in [2.45, 2.75) is 24.3 Å². The molecule has 0 spiro atoms. The second-order valence-corrected chi connectivity index (χ2v) is 8.72. The van der Waals surface area contributed by atoms with E-state index in [2.05, 4.69) is 4.74 Å². The summed E-state index contributed by atoms with van der Waals surface area (Å²) in [6.45, 7) is -0.0669. The maximum absolute atomic E-state index is 13.3. The second kappa shape index (κ2) is 9.41. The van der Waals surface area contributed by atoms with Crippen LogP contribution in [0.25, 0.3) is 0 Å². The van der Waals surface area contributed by atoms with Crippen molar-refractivity contribution >= 4 is 16.0 Å². The van der Waals surface area contributed by atoms with Crippen LogP contribution in [0.4, 0.5) is 13.2 Å². The second-order valence-electron chi connectivity index (χ2n) is 6.78. The maximum atomic E-state index is 13.3. The molecule has 0 aromatic heterocycles. The van der Waals surface area contributed by atoms with Gasteiger partial charge in [0.05, 0.1) is 10.5 Å². The first kappa shape index (κ1) is 23.3. The van der Waals surface area contributed by atoms with Crippen LogP contribution in [-0.4, -0.2) is 30.2 Å². The van der Waals surface area contributed by atoms with Crippen LogP contribution in [0.3, 0.4) is 0 Å². The zero-order chi connectivity index (χ0) is 23.4. The monoisotopic (exact) mass is 465 g/mol. The highest BCUT2D eigenvalue weighted by molar-refractivity contribution is 7.89. The number of hydrogen-bond acceptors (Lipinski definition) is 4. The molecule has 0 heterocycles. The van der Waals surface area contributed by atoms with E-state index in [1.807, 2.05) is 0 Å². The fraction of sp³-hybridized carbons (Fsp3) is 0.136. The van der Waals surface area contributed by atoms with E-state index in [4.69, 9.17) is 5.11 Å². The number of rotatable bonds is 8. The average molecular weight is 465 g/mol. The lowest BCUT2D eigenvalue weighted by Gasteiger charge is -2.23. The van der Waals surface area contributed by atoms with Crippen LogP contribution in [0.1, 0.15) is 21.5 Å². The number of ether oxygens (including phenoxy) is 1. The molecule has 0 amide bonds. The van der Waals surface area contributed by atoms with Crippen LogP contribution in [-0.2, 0) is 23.1 Å². The van der Waals surface area contributed by atoms with Gasteiger partial charge in [0.1, 0.15) is 5.75 Å². The van der Waals surface area contributed by atoms with Crippen molar-refractivity contribution in [3.05, 3.63) is 95.6 Å². The van der Waals surface area contributed by atoms with E-state index in [1.165, 1.54) is 24.3 Å². The summed E-state index contributed by atoms with van der Waals surface area (Å²) < 4.78 is 68.7. The van der Waals surface area contributed by atoms with Crippen LogP contribution in [0.2, 0.25) is 0 Å². The standard InChI is InChI=1S/C22H18F3NO5S/c23-22(24,25)31-19-10-12-20(13-11-19)32(29,30)26(14-16-4-2-1-3-5-16)15-17-6-8-18(9-7-17)21(27)28/h1-13H,14-15H2,(H,27,28). The van der Waals surface area contributed by atoms with Crippen LogP contribution < -0.4 is 4.74 Å². The van der Waals surface area contributed by atoms with Crippen molar-refractivity contribution in [1.82, 2.24) is 4.31 Å². The highest BCUT2D eigenvalue weighted by atomic mass is 32.2. The molecule has 3 aromatic carbocycles. The van der Waals surface area contributed by atoms with Gasteiger partial charge in [0.15, 0.2) is 0 Å². The molecule has 0 saturated carbocycles. The molecule has 0 aliphatic heterocycles. The molecule has 32 heavy (non-hydrogen) atoms. The predicted molar refractivity (Wildman–Crippen MR) is 109 cm³/mol. The Morgan fingerprint density at radius 1 is 0.844 bits per heavy atom. The summed E-state index contributed by atoms with van der Waals surface area (Å²) in [6.07, 6.45) is -4.89. The fourth-order valence-corrected chi connectivity index (χ4v) is 4.35. The summed E-state index contributed by atoms with van der Waals surface area (Å²) in [5.74, 6) is -1.64. The molecule has 10 heteroatoms. The van der Waals surface area contributed by atoms with Crippen LogP contribution in [0.15, 0.2) is 83.8 Å². The van der Waals surface area contributed by atoms with Gasteiger partial charge in [-0.2, -0.15) is 4.31 Å². The molecule has 0 unspecified atom stereocenters. The van der Waals surface area contributed by atoms with Crippen LogP contribution >= 0.6 is 0 Å². The lowest BCUT2D eigenvalue weighted by atomic mass is 10.1. The highest BCUT2D eigenvalue weighted by Gasteiger charge is 2.31. The molecule has 0 fully saturated rings. The normalized spacial score (nSPS) is 12.0. The van der Waals surface area contributed by atoms with E-state index in [-0.39, 0.29) is 23.5 Å². The van der Waals surface area contributed by atoms with Crippen LogP contribution in [0.5, 0.6) is 5.75 Å². The zero-order valence-corrected chi connectivity index (χ0v) is 17.3. The van der Waals surface area contributed by atoms with Gasteiger partial charge in [-0.25, -0.2) is 13.2 Å². The number of halogens is 3. The van der Waals surface area contributed by atoms with Crippen molar-refractivity contribution in [2.75, 3.05) is 0 Å². The van der Waals surface area contributed by atoms with E-state index in [0.29, 0.717) is 11.1 Å². The molecule has 1 N–H and O–H groups in total. The number of nitrogens with zero attached hydrogens (tertiary/aromatic N) is 1. The van der Waals surface area contributed by atoms with E-state index in [1.54, 1.807) is 30.3 Å². The van der Waals surface area contributed by atoms with Gasteiger partial charge in [0, 0.05) is 13.1 Å². The Kier molecular flexibility index (Phi) is 6.85. The van der Waals surface area contributed by atoms with Gasteiger partial charge in [-0.3, -0.25) is 0 Å². The van der Waals surface area contributed by atoms with Crippen LogP contribution in [0, 0.1) is 0 Å². The van der Waals surface area contributed by atoms with Crippen molar-refractivity contribution in [3.8, 4) is 5.75 Å².